The minimum absolute atomic E-state index is 0.0183. The maximum absolute atomic E-state index is 12.1. The fourth-order valence-electron chi connectivity index (χ4n) is 2.10. The molecule has 2 aromatic rings. The van der Waals surface area contributed by atoms with Crippen molar-refractivity contribution in [1.82, 2.24) is 9.97 Å². The molecule has 2 rings (SSSR count). The predicted octanol–water partition coefficient (Wildman–Crippen LogP) is 2.71. The molecule has 0 fully saturated rings. The number of nitrogens with one attached hydrogen (secondary N) is 1. The van der Waals surface area contributed by atoms with E-state index in [1.807, 2.05) is 51.1 Å². The van der Waals surface area contributed by atoms with Crippen LogP contribution in [0.15, 0.2) is 35.1 Å². The summed E-state index contributed by atoms with van der Waals surface area (Å²) in [6, 6.07) is 10.3. The van der Waals surface area contributed by atoms with Gasteiger partial charge in [-0.2, -0.15) is 0 Å². The minimum Gasteiger partial charge on any atom is -0.462 e. The summed E-state index contributed by atoms with van der Waals surface area (Å²) in [4.78, 5) is 19.2. The summed E-state index contributed by atoms with van der Waals surface area (Å²) in [6.45, 7) is 5.78. The zero-order valence-electron chi connectivity index (χ0n) is 12.1. The van der Waals surface area contributed by atoms with Gasteiger partial charge >= 0.3 is 0 Å². The quantitative estimate of drug-likeness (QED) is 0.910. The highest BCUT2D eigenvalue weighted by Crippen LogP contribution is 2.13. The van der Waals surface area contributed by atoms with Crippen molar-refractivity contribution >= 4 is 0 Å². The topological polar surface area (TPSA) is 55.0 Å². The first-order chi connectivity index (χ1) is 9.60. The number of benzene rings is 1. The van der Waals surface area contributed by atoms with Crippen LogP contribution in [0.5, 0.6) is 6.01 Å². The summed E-state index contributed by atoms with van der Waals surface area (Å²) in [5.74, 6) is 0. The van der Waals surface area contributed by atoms with E-state index >= 15 is 0 Å². The number of aromatic amines is 1. The second-order valence-electron chi connectivity index (χ2n) is 4.98. The first kappa shape index (κ1) is 14.3. The second kappa shape index (κ2) is 6.37. The van der Waals surface area contributed by atoms with Gasteiger partial charge in [0, 0.05) is 12.0 Å². The van der Waals surface area contributed by atoms with Crippen molar-refractivity contribution in [2.75, 3.05) is 0 Å². The molecule has 20 heavy (non-hydrogen) atoms. The van der Waals surface area contributed by atoms with Crippen molar-refractivity contribution in [3.05, 3.63) is 57.5 Å². The molecule has 1 heterocycles. The zero-order chi connectivity index (χ0) is 14.5. The molecule has 0 aliphatic carbocycles. The van der Waals surface area contributed by atoms with Crippen molar-refractivity contribution in [3.8, 4) is 6.01 Å². The van der Waals surface area contributed by atoms with Crippen LogP contribution in [-0.4, -0.2) is 16.1 Å². The maximum atomic E-state index is 12.1. The molecule has 0 saturated heterocycles. The standard InChI is InChI=1S/C16H20N2O2/c1-4-13-14(10-12-8-6-5-7-9-12)17-16(18-15(13)19)20-11(2)3/h5-9,11H,4,10H2,1-3H3,(H,17,18,19). The van der Waals surface area contributed by atoms with Gasteiger partial charge in [0.1, 0.15) is 0 Å². The lowest BCUT2D eigenvalue weighted by Gasteiger charge is -2.12. The van der Waals surface area contributed by atoms with Crippen LogP contribution < -0.4 is 10.3 Å². The van der Waals surface area contributed by atoms with Gasteiger partial charge in [0.05, 0.1) is 11.8 Å². The monoisotopic (exact) mass is 272 g/mol. The molecule has 0 spiro atoms. The SMILES string of the molecule is CCc1c(Cc2ccccc2)nc(OC(C)C)[nH]c1=O. The fourth-order valence-corrected chi connectivity index (χ4v) is 2.10. The summed E-state index contributed by atoms with van der Waals surface area (Å²) >= 11 is 0. The van der Waals surface area contributed by atoms with Crippen LogP contribution in [-0.2, 0) is 12.8 Å². The minimum atomic E-state index is -0.107. The number of ether oxygens (including phenoxy) is 1. The highest BCUT2D eigenvalue weighted by molar-refractivity contribution is 5.27. The zero-order valence-corrected chi connectivity index (χ0v) is 12.1. The van der Waals surface area contributed by atoms with E-state index in [-0.39, 0.29) is 11.7 Å². The highest BCUT2D eigenvalue weighted by atomic mass is 16.5. The Morgan fingerprint density at radius 3 is 2.55 bits per heavy atom. The lowest BCUT2D eigenvalue weighted by molar-refractivity contribution is 0.220. The van der Waals surface area contributed by atoms with Gasteiger partial charge in [-0.3, -0.25) is 9.78 Å². The molecular weight excluding hydrogens is 252 g/mol. The van der Waals surface area contributed by atoms with Crippen LogP contribution in [0.1, 0.15) is 37.6 Å². The molecule has 4 heteroatoms. The third kappa shape index (κ3) is 3.47. The third-order valence-corrected chi connectivity index (χ3v) is 2.99. The molecule has 0 radical (unpaired) electrons. The normalized spacial score (nSPS) is 10.8. The molecule has 1 aromatic carbocycles. The van der Waals surface area contributed by atoms with Crippen LogP contribution in [0.25, 0.3) is 0 Å². The number of aromatic nitrogens is 2. The molecule has 4 nitrogen and oxygen atoms in total. The molecule has 0 saturated carbocycles. The van der Waals surface area contributed by atoms with E-state index in [9.17, 15) is 4.79 Å². The smallest absolute Gasteiger partial charge is 0.296 e. The van der Waals surface area contributed by atoms with Crippen molar-refractivity contribution < 1.29 is 4.74 Å². The summed E-state index contributed by atoms with van der Waals surface area (Å²) in [6.07, 6.45) is 1.28. The van der Waals surface area contributed by atoms with E-state index in [0.29, 0.717) is 18.9 Å². The Kier molecular flexibility index (Phi) is 4.56. The van der Waals surface area contributed by atoms with Crippen LogP contribution in [0.4, 0.5) is 0 Å². The number of hydrogen-bond donors (Lipinski definition) is 1. The molecular formula is C16H20N2O2. The number of hydrogen-bond acceptors (Lipinski definition) is 3. The average Bonchev–Trinajstić information content (AvgIpc) is 2.39. The van der Waals surface area contributed by atoms with Gasteiger partial charge in [0.2, 0.25) is 0 Å². The molecule has 1 N–H and O–H groups in total. The van der Waals surface area contributed by atoms with Crippen molar-refractivity contribution in [3.63, 3.8) is 0 Å². The first-order valence-electron chi connectivity index (χ1n) is 6.92. The molecule has 1 aromatic heterocycles. The van der Waals surface area contributed by atoms with Gasteiger partial charge in [0.15, 0.2) is 0 Å². The Morgan fingerprint density at radius 2 is 1.95 bits per heavy atom. The second-order valence-corrected chi connectivity index (χ2v) is 4.98. The van der Waals surface area contributed by atoms with E-state index in [2.05, 4.69) is 9.97 Å². The van der Waals surface area contributed by atoms with Gasteiger partial charge in [-0.05, 0) is 25.8 Å². The Labute approximate surface area is 118 Å². The largest absolute Gasteiger partial charge is 0.462 e. The van der Waals surface area contributed by atoms with Gasteiger partial charge in [-0.15, -0.1) is 0 Å². The number of rotatable bonds is 5. The summed E-state index contributed by atoms with van der Waals surface area (Å²) in [7, 11) is 0. The van der Waals surface area contributed by atoms with E-state index in [0.717, 1.165) is 16.8 Å². The van der Waals surface area contributed by atoms with E-state index in [4.69, 9.17) is 4.74 Å². The Hall–Kier alpha value is -2.10. The lowest BCUT2D eigenvalue weighted by atomic mass is 10.0. The van der Waals surface area contributed by atoms with Gasteiger partial charge < -0.3 is 4.74 Å². The summed E-state index contributed by atoms with van der Waals surface area (Å²) < 4.78 is 5.51. The third-order valence-electron chi connectivity index (χ3n) is 2.99. The van der Waals surface area contributed by atoms with Crippen LogP contribution in [0.2, 0.25) is 0 Å². The predicted molar refractivity (Wildman–Crippen MR) is 79.2 cm³/mol. The van der Waals surface area contributed by atoms with Gasteiger partial charge in [-0.1, -0.05) is 37.3 Å². The van der Waals surface area contributed by atoms with Gasteiger partial charge in [0.25, 0.3) is 11.6 Å². The lowest BCUT2D eigenvalue weighted by Crippen LogP contribution is -2.20. The molecule has 0 atom stereocenters. The van der Waals surface area contributed by atoms with Crippen molar-refractivity contribution in [2.45, 2.75) is 39.7 Å². The van der Waals surface area contributed by atoms with Crippen molar-refractivity contribution in [1.29, 1.82) is 0 Å². The molecule has 0 aliphatic rings. The molecule has 106 valence electrons. The van der Waals surface area contributed by atoms with Gasteiger partial charge in [-0.25, -0.2) is 4.98 Å². The van der Waals surface area contributed by atoms with Crippen LogP contribution >= 0.6 is 0 Å². The maximum Gasteiger partial charge on any atom is 0.296 e. The first-order valence-corrected chi connectivity index (χ1v) is 6.92. The number of nitrogens with zero attached hydrogens (tertiary/aromatic N) is 1. The van der Waals surface area contributed by atoms with Crippen molar-refractivity contribution in [2.24, 2.45) is 0 Å². The fraction of sp³-hybridized carbons (Fsp3) is 0.375. The Morgan fingerprint density at radius 1 is 1.25 bits per heavy atom. The highest BCUT2D eigenvalue weighted by Gasteiger charge is 2.12. The molecule has 0 amide bonds. The summed E-state index contributed by atoms with van der Waals surface area (Å²) in [5, 5.41) is 0. The van der Waals surface area contributed by atoms with E-state index < -0.39 is 0 Å². The number of H-pyrrole nitrogens is 1. The Bertz CT molecular complexity index is 618. The molecule has 0 unspecified atom stereocenters. The van der Waals surface area contributed by atoms with E-state index in [1.54, 1.807) is 0 Å². The molecule has 0 bridgehead atoms. The average molecular weight is 272 g/mol. The van der Waals surface area contributed by atoms with Crippen LogP contribution in [0, 0.1) is 0 Å². The van der Waals surface area contributed by atoms with Crippen LogP contribution in [0.3, 0.4) is 0 Å². The Balaban J connectivity index is 2.38. The summed E-state index contributed by atoms with van der Waals surface area (Å²) in [5.41, 5.74) is 2.54. The van der Waals surface area contributed by atoms with E-state index in [1.165, 1.54) is 0 Å². The molecule has 0 aliphatic heterocycles.